The Morgan fingerprint density at radius 3 is 2.75 bits per heavy atom. The van der Waals surface area contributed by atoms with Crippen LogP contribution in [0, 0.1) is 3.57 Å². The van der Waals surface area contributed by atoms with E-state index in [9.17, 15) is 0 Å². The predicted molar refractivity (Wildman–Crippen MR) is 94.1 cm³/mol. The molecule has 5 heteroatoms. The number of nitrogens with two attached hydrogens (primary N) is 1. The molecule has 0 unspecified atom stereocenters. The van der Waals surface area contributed by atoms with Gasteiger partial charge in [-0.25, -0.2) is 0 Å². The number of nitrogen functional groups attached to an aromatic ring is 1. The molecule has 2 aromatic carbocycles. The van der Waals surface area contributed by atoms with Crippen LogP contribution in [-0.4, -0.2) is 6.61 Å². The third-order valence-corrected chi connectivity index (χ3v) is 3.60. The summed E-state index contributed by atoms with van der Waals surface area (Å²) in [5.41, 5.74) is 8.25. The Kier molecular flexibility index (Phi) is 5.37. The van der Waals surface area contributed by atoms with Crippen LogP contribution in [0.4, 0.5) is 17.1 Å². The van der Waals surface area contributed by atoms with E-state index >= 15 is 0 Å². The molecule has 0 atom stereocenters. The molecule has 2 aromatic rings. The lowest BCUT2D eigenvalue weighted by molar-refractivity contribution is 0.318. The van der Waals surface area contributed by atoms with Crippen LogP contribution >= 0.6 is 34.2 Å². The minimum absolute atomic E-state index is 0.655. The molecule has 0 aliphatic carbocycles. The molecular formula is C15H16ClIN2O. The van der Waals surface area contributed by atoms with Gasteiger partial charge in [0.15, 0.2) is 0 Å². The predicted octanol–water partition coefficient (Wildman–Crippen LogP) is 5.06. The van der Waals surface area contributed by atoms with E-state index in [0.29, 0.717) is 17.3 Å². The lowest BCUT2D eigenvalue weighted by Gasteiger charge is -2.12. The number of benzene rings is 2. The number of nitrogens with one attached hydrogen (secondary N) is 1. The molecule has 0 spiro atoms. The fourth-order valence-corrected chi connectivity index (χ4v) is 2.65. The molecule has 0 saturated carbocycles. The summed E-state index contributed by atoms with van der Waals surface area (Å²) in [7, 11) is 0. The highest BCUT2D eigenvalue weighted by Gasteiger charge is 2.04. The first kappa shape index (κ1) is 15.3. The van der Waals surface area contributed by atoms with Crippen LogP contribution in [0.2, 0.25) is 5.02 Å². The highest BCUT2D eigenvalue weighted by atomic mass is 127. The normalized spacial score (nSPS) is 10.3. The van der Waals surface area contributed by atoms with Crippen molar-refractivity contribution < 1.29 is 4.74 Å². The van der Waals surface area contributed by atoms with Crippen LogP contribution in [0.5, 0.6) is 5.75 Å². The summed E-state index contributed by atoms with van der Waals surface area (Å²) < 4.78 is 6.70. The number of rotatable bonds is 5. The second-order valence-corrected chi connectivity index (χ2v) is 6.04. The SMILES string of the molecule is CCCOc1cc(N)cc(Nc2ccc(I)cc2Cl)c1. The third kappa shape index (κ3) is 4.18. The lowest BCUT2D eigenvalue weighted by Crippen LogP contribution is -1.98. The van der Waals surface area contributed by atoms with Crippen molar-refractivity contribution in [2.24, 2.45) is 0 Å². The summed E-state index contributed by atoms with van der Waals surface area (Å²) in [6.45, 7) is 2.74. The Bertz CT molecular complexity index is 604. The molecule has 20 heavy (non-hydrogen) atoms. The summed E-state index contributed by atoms with van der Waals surface area (Å²) in [6, 6.07) is 11.4. The van der Waals surface area contributed by atoms with Gasteiger partial charge in [0.1, 0.15) is 5.75 Å². The highest BCUT2D eigenvalue weighted by molar-refractivity contribution is 14.1. The van der Waals surface area contributed by atoms with Crippen molar-refractivity contribution >= 4 is 51.3 Å². The van der Waals surface area contributed by atoms with Crippen LogP contribution in [0.25, 0.3) is 0 Å². The second kappa shape index (κ2) is 7.04. The van der Waals surface area contributed by atoms with Crippen molar-refractivity contribution in [1.82, 2.24) is 0 Å². The standard InChI is InChI=1S/C15H16ClIN2O/c1-2-5-20-13-8-11(18)7-12(9-13)19-15-4-3-10(17)6-14(15)16/h3-4,6-9,19H,2,5,18H2,1H3. The van der Waals surface area contributed by atoms with Crippen molar-refractivity contribution in [2.75, 3.05) is 17.7 Å². The molecule has 0 fully saturated rings. The van der Waals surface area contributed by atoms with Crippen molar-refractivity contribution in [3.05, 3.63) is 45.0 Å². The fourth-order valence-electron chi connectivity index (χ4n) is 1.74. The minimum Gasteiger partial charge on any atom is -0.493 e. The van der Waals surface area contributed by atoms with Crippen LogP contribution < -0.4 is 15.8 Å². The molecule has 0 saturated heterocycles. The molecule has 0 bridgehead atoms. The molecule has 0 radical (unpaired) electrons. The van der Waals surface area contributed by atoms with Gasteiger partial charge < -0.3 is 15.8 Å². The Balaban J connectivity index is 2.21. The van der Waals surface area contributed by atoms with E-state index in [1.807, 2.05) is 36.4 Å². The first-order valence-corrected chi connectivity index (χ1v) is 7.79. The average Bonchev–Trinajstić information content (AvgIpc) is 2.39. The largest absolute Gasteiger partial charge is 0.493 e. The maximum Gasteiger partial charge on any atom is 0.123 e. The van der Waals surface area contributed by atoms with Gasteiger partial charge in [-0.1, -0.05) is 18.5 Å². The monoisotopic (exact) mass is 402 g/mol. The molecular weight excluding hydrogens is 387 g/mol. The Hall–Kier alpha value is -1.14. The lowest BCUT2D eigenvalue weighted by atomic mass is 10.2. The van der Waals surface area contributed by atoms with Crippen molar-refractivity contribution in [3.8, 4) is 5.75 Å². The van der Waals surface area contributed by atoms with Crippen LogP contribution in [0.1, 0.15) is 13.3 Å². The number of halogens is 2. The molecule has 3 N–H and O–H groups in total. The summed E-state index contributed by atoms with van der Waals surface area (Å²) >= 11 is 8.44. The first-order chi connectivity index (χ1) is 9.58. The van der Waals surface area contributed by atoms with Crippen LogP contribution in [-0.2, 0) is 0 Å². The molecule has 0 aliphatic rings. The second-order valence-electron chi connectivity index (χ2n) is 4.39. The van der Waals surface area contributed by atoms with Crippen molar-refractivity contribution in [2.45, 2.75) is 13.3 Å². The molecule has 0 heterocycles. The molecule has 0 aliphatic heterocycles. The van der Waals surface area contributed by atoms with E-state index in [0.717, 1.165) is 27.1 Å². The van der Waals surface area contributed by atoms with Gasteiger partial charge in [0.25, 0.3) is 0 Å². The van der Waals surface area contributed by atoms with E-state index in [1.165, 1.54) is 0 Å². The van der Waals surface area contributed by atoms with Crippen LogP contribution in [0.3, 0.4) is 0 Å². The Morgan fingerprint density at radius 2 is 2.05 bits per heavy atom. The number of hydrogen-bond donors (Lipinski definition) is 2. The summed E-state index contributed by atoms with van der Waals surface area (Å²) in [5.74, 6) is 0.760. The van der Waals surface area contributed by atoms with Gasteiger partial charge >= 0.3 is 0 Å². The summed E-state index contributed by atoms with van der Waals surface area (Å²) in [4.78, 5) is 0. The summed E-state index contributed by atoms with van der Waals surface area (Å²) in [5, 5.41) is 3.94. The average molecular weight is 403 g/mol. The highest BCUT2D eigenvalue weighted by Crippen LogP contribution is 2.30. The van der Waals surface area contributed by atoms with E-state index in [2.05, 4.69) is 34.8 Å². The topological polar surface area (TPSA) is 47.3 Å². The van der Waals surface area contributed by atoms with Gasteiger partial charge in [-0.15, -0.1) is 0 Å². The molecule has 3 nitrogen and oxygen atoms in total. The zero-order valence-electron chi connectivity index (χ0n) is 11.1. The van der Waals surface area contributed by atoms with Crippen molar-refractivity contribution in [1.29, 1.82) is 0 Å². The van der Waals surface area contributed by atoms with Crippen molar-refractivity contribution in [3.63, 3.8) is 0 Å². The molecule has 0 amide bonds. The van der Waals surface area contributed by atoms with Gasteiger partial charge in [0.05, 0.1) is 17.3 Å². The molecule has 106 valence electrons. The summed E-state index contributed by atoms with van der Waals surface area (Å²) in [6.07, 6.45) is 0.959. The van der Waals surface area contributed by atoms with E-state index in [4.69, 9.17) is 22.1 Å². The van der Waals surface area contributed by atoms with Crippen LogP contribution in [0.15, 0.2) is 36.4 Å². The minimum atomic E-state index is 0.655. The van der Waals surface area contributed by atoms with Gasteiger partial charge in [0.2, 0.25) is 0 Å². The maximum atomic E-state index is 6.21. The van der Waals surface area contributed by atoms with Gasteiger partial charge in [-0.05, 0) is 53.3 Å². The van der Waals surface area contributed by atoms with Gasteiger partial charge in [-0.2, -0.15) is 0 Å². The number of hydrogen-bond acceptors (Lipinski definition) is 3. The number of anilines is 3. The smallest absolute Gasteiger partial charge is 0.123 e. The molecule has 2 rings (SSSR count). The molecule has 0 aromatic heterocycles. The Labute approximate surface area is 137 Å². The van der Waals surface area contributed by atoms with E-state index in [-0.39, 0.29) is 0 Å². The van der Waals surface area contributed by atoms with E-state index < -0.39 is 0 Å². The van der Waals surface area contributed by atoms with Gasteiger partial charge in [0, 0.05) is 27.1 Å². The third-order valence-electron chi connectivity index (χ3n) is 2.61. The van der Waals surface area contributed by atoms with E-state index in [1.54, 1.807) is 0 Å². The maximum absolute atomic E-state index is 6.21. The quantitative estimate of drug-likeness (QED) is 0.543. The zero-order valence-corrected chi connectivity index (χ0v) is 14.0. The fraction of sp³-hybridized carbons (Fsp3) is 0.200. The Morgan fingerprint density at radius 1 is 1.25 bits per heavy atom. The first-order valence-electron chi connectivity index (χ1n) is 6.34. The number of ether oxygens (including phenoxy) is 1. The zero-order chi connectivity index (χ0) is 14.5. The van der Waals surface area contributed by atoms with Gasteiger partial charge in [-0.3, -0.25) is 0 Å².